The van der Waals surface area contributed by atoms with Crippen molar-refractivity contribution >= 4 is 11.6 Å². The first-order chi connectivity index (χ1) is 13.6. The number of hydrogen-bond acceptors (Lipinski definition) is 4. The molecule has 1 N–H and O–H groups in total. The monoisotopic (exact) mass is 381 g/mol. The van der Waals surface area contributed by atoms with E-state index in [-0.39, 0.29) is 12.5 Å². The molecule has 1 saturated heterocycles. The molecule has 0 atom stereocenters. The third kappa shape index (κ3) is 5.99. The second-order valence-electron chi connectivity index (χ2n) is 7.31. The number of ether oxygens (including phenoxy) is 1. The summed E-state index contributed by atoms with van der Waals surface area (Å²) in [5.41, 5.74) is 3.81. The molecule has 1 heterocycles. The normalized spacial score (nSPS) is 14.7. The molecule has 2 aromatic carbocycles. The van der Waals surface area contributed by atoms with Crippen LogP contribution >= 0.6 is 0 Å². The van der Waals surface area contributed by atoms with Crippen LogP contribution in [0.15, 0.2) is 48.5 Å². The van der Waals surface area contributed by atoms with Gasteiger partial charge < -0.3 is 15.0 Å². The zero-order valence-electron chi connectivity index (χ0n) is 17.0. The Morgan fingerprint density at radius 3 is 2.61 bits per heavy atom. The Bertz CT molecular complexity index is 770. The minimum atomic E-state index is -0.0692. The Labute approximate surface area is 168 Å². The first-order valence-corrected chi connectivity index (χ1v) is 10.2. The van der Waals surface area contributed by atoms with Crippen molar-refractivity contribution < 1.29 is 9.53 Å². The van der Waals surface area contributed by atoms with Gasteiger partial charge in [0.05, 0.1) is 0 Å². The van der Waals surface area contributed by atoms with Gasteiger partial charge in [-0.3, -0.25) is 9.69 Å². The highest BCUT2D eigenvalue weighted by molar-refractivity contribution is 5.77. The Morgan fingerprint density at radius 2 is 1.86 bits per heavy atom. The van der Waals surface area contributed by atoms with E-state index in [1.165, 1.54) is 16.8 Å². The summed E-state index contributed by atoms with van der Waals surface area (Å²) in [6.45, 7) is 9.91. The van der Waals surface area contributed by atoms with Crippen LogP contribution in [-0.4, -0.2) is 56.7 Å². The molecule has 0 radical (unpaired) electrons. The summed E-state index contributed by atoms with van der Waals surface area (Å²) in [5.74, 6) is 0.682. The predicted molar refractivity (Wildman–Crippen MR) is 114 cm³/mol. The molecule has 5 heteroatoms. The highest BCUT2D eigenvalue weighted by Gasteiger charge is 2.17. The molecule has 0 bridgehead atoms. The van der Waals surface area contributed by atoms with Gasteiger partial charge in [0.15, 0.2) is 6.61 Å². The number of benzene rings is 2. The zero-order valence-corrected chi connectivity index (χ0v) is 17.0. The Kier molecular flexibility index (Phi) is 7.31. The fraction of sp³-hybridized carbons (Fsp3) is 0.435. The molecule has 1 fully saturated rings. The third-order valence-corrected chi connectivity index (χ3v) is 5.17. The maximum Gasteiger partial charge on any atom is 0.257 e. The van der Waals surface area contributed by atoms with Gasteiger partial charge >= 0.3 is 0 Å². The molecular formula is C23H31N3O2. The van der Waals surface area contributed by atoms with Crippen molar-refractivity contribution in [3.63, 3.8) is 0 Å². The van der Waals surface area contributed by atoms with Crippen LogP contribution in [0.25, 0.3) is 0 Å². The Balaban J connectivity index is 1.32. The van der Waals surface area contributed by atoms with E-state index in [2.05, 4.69) is 59.3 Å². The molecule has 0 aliphatic carbocycles. The minimum absolute atomic E-state index is 0.0638. The number of hydrogen-bond donors (Lipinski definition) is 1. The maximum atomic E-state index is 12.0. The average Bonchev–Trinajstić information content (AvgIpc) is 2.73. The van der Waals surface area contributed by atoms with Crippen molar-refractivity contribution in [2.24, 2.45) is 0 Å². The number of carbonyl (C=O) groups is 1. The lowest BCUT2D eigenvalue weighted by Gasteiger charge is -2.36. The molecule has 1 aliphatic heterocycles. The summed E-state index contributed by atoms with van der Waals surface area (Å²) in [5, 5.41) is 2.96. The summed E-state index contributed by atoms with van der Waals surface area (Å²) in [6.07, 6.45) is 0.959. The van der Waals surface area contributed by atoms with Crippen molar-refractivity contribution in [1.82, 2.24) is 10.2 Å². The van der Waals surface area contributed by atoms with Crippen LogP contribution in [0.1, 0.15) is 18.1 Å². The highest BCUT2D eigenvalue weighted by Crippen LogP contribution is 2.17. The average molecular weight is 382 g/mol. The van der Waals surface area contributed by atoms with Crippen LogP contribution in [0, 0.1) is 6.92 Å². The maximum absolute atomic E-state index is 12.0. The second-order valence-corrected chi connectivity index (χ2v) is 7.31. The molecule has 0 unspecified atom stereocenters. The van der Waals surface area contributed by atoms with E-state index in [0.29, 0.717) is 6.54 Å². The van der Waals surface area contributed by atoms with Crippen LogP contribution in [0.4, 0.5) is 5.69 Å². The van der Waals surface area contributed by atoms with Crippen LogP contribution in [0.5, 0.6) is 5.75 Å². The smallest absolute Gasteiger partial charge is 0.257 e. The van der Waals surface area contributed by atoms with E-state index in [1.807, 2.05) is 18.2 Å². The number of nitrogens with one attached hydrogen (secondary N) is 1. The molecule has 1 aliphatic rings. The molecule has 0 saturated carbocycles. The number of rotatable bonds is 8. The van der Waals surface area contributed by atoms with E-state index in [0.717, 1.165) is 44.9 Å². The molecule has 1 amide bonds. The third-order valence-electron chi connectivity index (χ3n) is 5.17. The standard InChI is InChI=1S/C23H31N3O2/c1-3-20-7-5-9-22(17-20)28-18-23(27)24-10-11-25-12-14-26(15-13-25)21-8-4-6-19(2)16-21/h4-9,16-17H,3,10-15,18H2,1-2H3,(H,24,27). The minimum Gasteiger partial charge on any atom is -0.484 e. The predicted octanol–water partition coefficient (Wildman–Crippen LogP) is 2.87. The molecule has 2 aromatic rings. The van der Waals surface area contributed by atoms with Crippen molar-refractivity contribution in [2.75, 3.05) is 50.8 Å². The van der Waals surface area contributed by atoms with E-state index in [1.54, 1.807) is 0 Å². The lowest BCUT2D eigenvalue weighted by Crippen LogP contribution is -2.48. The van der Waals surface area contributed by atoms with E-state index in [4.69, 9.17) is 4.74 Å². The molecule has 150 valence electrons. The summed E-state index contributed by atoms with van der Waals surface area (Å²) in [6, 6.07) is 16.6. The molecular weight excluding hydrogens is 350 g/mol. The fourth-order valence-corrected chi connectivity index (χ4v) is 3.46. The molecule has 0 spiro atoms. The van der Waals surface area contributed by atoms with Crippen LogP contribution < -0.4 is 15.0 Å². The zero-order chi connectivity index (χ0) is 19.8. The molecule has 0 aromatic heterocycles. The molecule has 5 nitrogen and oxygen atoms in total. The van der Waals surface area contributed by atoms with Crippen LogP contribution in [0.3, 0.4) is 0 Å². The quantitative estimate of drug-likeness (QED) is 0.764. The van der Waals surface area contributed by atoms with E-state index >= 15 is 0 Å². The highest BCUT2D eigenvalue weighted by atomic mass is 16.5. The summed E-state index contributed by atoms with van der Waals surface area (Å²) < 4.78 is 5.59. The Hall–Kier alpha value is -2.53. The summed E-state index contributed by atoms with van der Waals surface area (Å²) in [7, 11) is 0. The summed E-state index contributed by atoms with van der Waals surface area (Å²) >= 11 is 0. The number of piperazine rings is 1. The fourth-order valence-electron chi connectivity index (χ4n) is 3.46. The van der Waals surface area contributed by atoms with Crippen molar-refractivity contribution in [3.05, 3.63) is 59.7 Å². The lowest BCUT2D eigenvalue weighted by molar-refractivity contribution is -0.123. The lowest BCUT2D eigenvalue weighted by atomic mass is 10.2. The van der Waals surface area contributed by atoms with Crippen LogP contribution in [-0.2, 0) is 11.2 Å². The van der Waals surface area contributed by atoms with Crippen LogP contribution in [0.2, 0.25) is 0 Å². The van der Waals surface area contributed by atoms with Gasteiger partial charge in [-0.15, -0.1) is 0 Å². The van der Waals surface area contributed by atoms with Gasteiger partial charge in [0.2, 0.25) is 0 Å². The largest absolute Gasteiger partial charge is 0.484 e. The van der Waals surface area contributed by atoms with Crippen molar-refractivity contribution in [1.29, 1.82) is 0 Å². The van der Waals surface area contributed by atoms with Gasteiger partial charge in [-0.25, -0.2) is 0 Å². The number of amides is 1. The van der Waals surface area contributed by atoms with Gasteiger partial charge in [0, 0.05) is 45.0 Å². The SMILES string of the molecule is CCc1cccc(OCC(=O)NCCN2CCN(c3cccc(C)c3)CC2)c1. The van der Waals surface area contributed by atoms with Gasteiger partial charge in [-0.2, -0.15) is 0 Å². The molecule has 3 rings (SSSR count). The van der Waals surface area contributed by atoms with E-state index in [9.17, 15) is 4.79 Å². The number of carbonyl (C=O) groups excluding carboxylic acids is 1. The van der Waals surface area contributed by atoms with Crippen molar-refractivity contribution in [2.45, 2.75) is 20.3 Å². The first-order valence-electron chi connectivity index (χ1n) is 10.2. The van der Waals surface area contributed by atoms with Gasteiger partial charge in [-0.1, -0.05) is 31.2 Å². The number of aryl methyl sites for hydroxylation is 2. The van der Waals surface area contributed by atoms with Gasteiger partial charge in [0.1, 0.15) is 5.75 Å². The Morgan fingerprint density at radius 1 is 1.07 bits per heavy atom. The first kappa shape index (κ1) is 20.2. The summed E-state index contributed by atoms with van der Waals surface area (Å²) in [4.78, 5) is 16.9. The van der Waals surface area contributed by atoms with Gasteiger partial charge in [0.25, 0.3) is 5.91 Å². The number of nitrogens with zero attached hydrogens (tertiary/aromatic N) is 2. The van der Waals surface area contributed by atoms with Crippen molar-refractivity contribution in [3.8, 4) is 5.75 Å². The molecule has 28 heavy (non-hydrogen) atoms. The topological polar surface area (TPSA) is 44.8 Å². The van der Waals surface area contributed by atoms with E-state index < -0.39 is 0 Å². The second kappa shape index (κ2) is 10.1. The van der Waals surface area contributed by atoms with Gasteiger partial charge in [-0.05, 0) is 48.7 Å². The number of anilines is 1.